The van der Waals surface area contributed by atoms with Gasteiger partial charge in [0.05, 0.1) is 12.8 Å². The molecule has 1 atom stereocenters. The molecule has 2 heteroatoms. The zero-order valence-electron chi connectivity index (χ0n) is 7.17. The first-order valence-electron chi connectivity index (χ1n) is 3.97. The molecule has 0 amide bonds. The van der Waals surface area contributed by atoms with E-state index in [1.165, 1.54) is 0 Å². The van der Waals surface area contributed by atoms with Gasteiger partial charge in [0.2, 0.25) is 0 Å². The molecule has 0 aliphatic carbocycles. The molecule has 0 spiro atoms. The minimum Gasteiger partial charge on any atom is -0.301 e. The van der Waals surface area contributed by atoms with E-state index in [0.717, 1.165) is 19.5 Å². The van der Waals surface area contributed by atoms with Gasteiger partial charge in [-0.2, -0.15) is 0 Å². The van der Waals surface area contributed by atoms with Crippen molar-refractivity contribution in [1.82, 2.24) is 4.90 Å². The molecule has 0 saturated heterocycles. The van der Waals surface area contributed by atoms with Crippen molar-refractivity contribution < 1.29 is 0 Å². The van der Waals surface area contributed by atoms with Crippen LogP contribution in [-0.2, 0) is 0 Å². The Hall–Kier alpha value is -0.810. The number of aliphatic imine (C=N–C) groups is 1. The van der Waals surface area contributed by atoms with Crippen LogP contribution >= 0.6 is 0 Å². The molecule has 0 saturated carbocycles. The van der Waals surface area contributed by atoms with E-state index in [1.54, 1.807) is 6.21 Å². The molecule has 0 aromatic heterocycles. The van der Waals surface area contributed by atoms with Gasteiger partial charge in [-0.05, 0) is 14.0 Å². The molecule has 2 nitrogen and oxygen atoms in total. The monoisotopic (exact) mass is 150 g/mol. The maximum Gasteiger partial charge on any atom is 0.0711 e. The maximum atomic E-state index is 4.14. The number of nitrogens with zero attached hydrogens (tertiary/aromatic N) is 2. The molecule has 1 rings (SSSR count). The van der Waals surface area contributed by atoms with Gasteiger partial charge < -0.3 is 4.90 Å². The predicted molar refractivity (Wildman–Crippen MR) is 47.8 cm³/mol. The van der Waals surface area contributed by atoms with E-state index < -0.39 is 0 Å². The Morgan fingerprint density at radius 2 is 2.45 bits per heavy atom. The van der Waals surface area contributed by atoms with E-state index in [2.05, 4.69) is 35.7 Å². The standard InChI is InChI=1S/C9H14N2/c1-9-5-3-4-6-10-7-8-11(9)2/h6,9H,5,7-8H2,1-2H3. The zero-order chi connectivity index (χ0) is 8.10. The van der Waals surface area contributed by atoms with E-state index in [1.807, 2.05) is 0 Å². The fraction of sp³-hybridized carbons (Fsp3) is 0.667. The van der Waals surface area contributed by atoms with Crippen molar-refractivity contribution in [3.05, 3.63) is 0 Å². The minimum absolute atomic E-state index is 0.559. The molecule has 11 heavy (non-hydrogen) atoms. The van der Waals surface area contributed by atoms with E-state index in [4.69, 9.17) is 0 Å². The fourth-order valence-corrected chi connectivity index (χ4v) is 0.954. The lowest BCUT2D eigenvalue weighted by atomic mass is 10.2. The van der Waals surface area contributed by atoms with Crippen molar-refractivity contribution in [1.29, 1.82) is 0 Å². The summed E-state index contributed by atoms with van der Waals surface area (Å²) in [5, 5.41) is 0. The van der Waals surface area contributed by atoms with Crippen LogP contribution in [0.3, 0.4) is 0 Å². The molecule has 0 aromatic rings. The summed E-state index contributed by atoms with van der Waals surface area (Å²) in [4.78, 5) is 6.42. The van der Waals surface area contributed by atoms with E-state index in [9.17, 15) is 0 Å². The fourth-order valence-electron chi connectivity index (χ4n) is 0.954. The first kappa shape index (κ1) is 8.29. The van der Waals surface area contributed by atoms with Gasteiger partial charge in [-0.15, -0.1) is 0 Å². The molecule has 0 aromatic carbocycles. The van der Waals surface area contributed by atoms with Crippen LogP contribution in [0.25, 0.3) is 0 Å². The van der Waals surface area contributed by atoms with Crippen LogP contribution in [0.4, 0.5) is 0 Å². The second-order valence-corrected chi connectivity index (χ2v) is 2.89. The van der Waals surface area contributed by atoms with Crippen molar-refractivity contribution in [2.45, 2.75) is 19.4 Å². The highest BCUT2D eigenvalue weighted by atomic mass is 15.1. The smallest absolute Gasteiger partial charge is 0.0711 e. The van der Waals surface area contributed by atoms with Gasteiger partial charge in [0, 0.05) is 19.0 Å². The summed E-state index contributed by atoms with van der Waals surface area (Å²) in [5.41, 5.74) is 0. The molecular formula is C9H14N2. The largest absolute Gasteiger partial charge is 0.301 e. The summed E-state index contributed by atoms with van der Waals surface area (Å²) >= 11 is 0. The van der Waals surface area contributed by atoms with Gasteiger partial charge in [0.1, 0.15) is 0 Å². The summed E-state index contributed by atoms with van der Waals surface area (Å²) in [6.45, 7) is 4.09. The third-order valence-electron chi connectivity index (χ3n) is 1.99. The van der Waals surface area contributed by atoms with Gasteiger partial charge >= 0.3 is 0 Å². The molecule has 0 bridgehead atoms. The highest BCUT2D eigenvalue weighted by Gasteiger charge is 2.06. The Balaban J connectivity index is 2.54. The lowest BCUT2D eigenvalue weighted by Gasteiger charge is -2.21. The van der Waals surface area contributed by atoms with Crippen molar-refractivity contribution in [3.63, 3.8) is 0 Å². The summed E-state index contributed by atoms with van der Waals surface area (Å²) in [6, 6.07) is 0.559. The molecule has 0 radical (unpaired) electrons. The highest BCUT2D eigenvalue weighted by Crippen LogP contribution is 1.99. The van der Waals surface area contributed by atoms with Crippen LogP contribution < -0.4 is 0 Å². The molecular weight excluding hydrogens is 136 g/mol. The van der Waals surface area contributed by atoms with Crippen molar-refractivity contribution >= 4 is 6.21 Å². The molecule has 0 fully saturated rings. The Labute approximate surface area is 68.3 Å². The zero-order valence-corrected chi connectivity index (χ0v) is 7.17. The van der Waals surface area contributed by atoms with Crippen molar-refractivity contribution in [2.24, 2.45) is 4.99 Å². The first-order chi connectivity index (χ1) is 5.30. The average molecular weight is 150 g/mol. The lowest BCUT2D eigenvalue weighted by molar-refractivity contribution is 0.269. The van der Waals surface area contributed by atoms with Crippen LogP contribution in [0.2, 0.25) is 0 Å². The number of likely N-dealkylation sites (N-methyl/N-ethyl adjacent to an activating group) is 1. The third-order valence-corrected chi connectivity index (χ3v) is 1.99. The molecule has 1 aliphatic heterocycles. The Kier molecular flexibility index (Phi) is 3.13. The highest BCUT2D eigenvalue weighted by molar-refractivity contribution is 5.78. The van der Waals surface area contributed by atoms with Crippen LogP contribution in [0.1, 0.15) is 13.3 Å². The molecule has 60 valence electrons. The second-order valence-electron chi connectivity index (χ2n) is 2.89. The summed E-state index contributed by atoms with van der Waals surface area (Å²) in [6.07, 6.45) is 2.66. The number of hydrogen-bond donors (Lipinski definition) is 0. The number of rotatable bonds is 0. The Bertz CT molecular complexity index is 197. The number of hydrogen-bond acceptors (Lipinski definition) is 2. The summed E-state index contributed by atoms with van der Waals surface area (Å²) < 4.78 is 0. The predicted octanol–water partition coefficient (Wildman–Crippen LogP) is 0.785. The van der Waals surface area contributed by atoms with Crippen molar-refractivity contribution in [2.75, 3.05) is 20.1 Å². The first-order valence-corrected chi connectivity index (χ1v) is 3.97. The average Bonchev–Trinajstić information content (AvgIpc) is 2.07. The Morgan fingerprint density at radius 3 is 3.27 bits per heavy atom. The van der Waals surface area contributed by atoms with E-state index in [0.29, 0.717) is 6.04 Å². The molecule has 1 aliphatic rings. The summed E-state index contributed by atoms with van der Waals surface area (Å²) in [7, 11) is 2.12. The molecule has 1 unspecified atom stereocenters. The topological polar surface area (TPSA) is 15.6 Å². The van der Waals surface area contributed by atoms with Crippen molar-refractivity contribution in [3.8, 4) is 11.8 Å². The second kappa shape index (κ2) is 4.15. The Morgan fingerprint density at radius 1 is 1.64 bits per heavy atom. The van der Waals surface area contributed by atoms with E-state index in [-0.39, 0.29) is 0 Å². The quantitative estimate of drug-likeness (QED) is 0.466. The lowest BCUT2D eigenvalue weighted by Crippen LogP contribution is -2.30. The van der Waals surface area contributed by atoms with Gasteiger partial charge in [0.25, 0.3) is 0 Å². The third kappa shape index (κ3) is 2.73. The molecule has 1 heterocycles. The van der Waals surface area contributed by atoms with Gasteiger partial charge in [-0.25, -0.2) is 0 Å². The van der Waals surface area contributed by atoms with Crippen LogP contribution in [0, 0.1) is 11.8 Å². The van der Waals surface area contributed by atoms with Crippen LogP contribution in [0.5, 0.6) is 0 Å². The van der Waals surface area contributed by atoms with Gasteiger partial charge in [-0.1, -0.05) is 11.8 Å². The van der Waals surface area contributed by atoms with Gasteiger partial charge in [-0.3, -0.25) is 4.99 Å². The van der Waals surface area contributed by atoms with Crippen LogP contribution in [0.15, 0.2) is 4.99 Å². The summed E-state index contributed by atoms with van der Waals surface area (Å²) in [5.74, 6) is 5.98. The van der Waals surface area contributed by atoms with Crippen LogP contribution in [-0.4, -0.2) is 37.3 Å². The van der Waals surface area contributed by atoms with Gasteiger partial charge in [0.15, 0.2) is 0 Å². The molecule has 0 N–H and O–H groups in total. The minimum atomic E-state index is 0.559. The normalized spacial score (nSPS) is 26.2. The van der Waals surface area contributed by atoms with E-state index >= 15 is 0 Å². The SMILES string of the molecule is CC1CC#CC=NCCN1C. The maximum absolute atomic E-state index is 4.14.